The third-order valence-electron chi connectivity index (χ3n) is 4.77. The second-order valence-electron chi connectivity index (χ2n) is 6.65. The van der Waals surface area contributed by atoms with Gasteiger partial charge in [-0.2, -0.15) is 0 Å². The second kappa shape index (κ2) is 6.31. The fraction of sp³-hybridized carbons (Fsp3) is 0.300. The van der Waals surface area contributed by atoms with Gasteiger partial charge in [0, 0.05) is 23.8 Å². The van der Waals surface area contributed by atoms with Gasteiger partial charge in [-0.3, -0.25) is 9.59 Å². The smallest absolute Gasteiger partial charge is 0.258 e. The summed E-state index contributed by atoms with van der Waals surface area (Å²) in [5, 5.41) is 2.74. The zero-order valence-corrected chi connectivity index (χ0v) is 13.8. The van der Waals surface area contributed by atoms with Gasteiger partial charge < -0.3 is 10.2 Å². The molecule has 1 N–H and O–H groups in total. The van der Waals surface area contributed by atoms with Crippen LogP contribution in [0.15, 0.2) is 42.5 Å². The van der Waals surface area contributed by atoms with E-state index in [2.05, 4.69) is 5.32 Å². The van der Waals surface area contributed by atoms with Gasteiger partial charge in [-0.25, -0.2) is 4.39 Å². The van der Waals surface area contributed by atoms with Gasteiger partial charge in [0.2, 0.25) is 5.91 Å². The number of rotatable bonds is 3. The summed E-state index contributed by atoms with van der Waals surface area (Å²) < 4.78 is 13.8. The normalized spacial score (nSPS) is 16.3. The van der Waals surface area contributed by atoms with Crippen LogP contribution in [0.3, 0.4) is 0 Å². The van der Waals surface area contributed by atoms with Crippen LogP contribution in [0, 0.1) is 11.7 Å². The van der Waals surface area contributed by atoms with Crippen molar-refractivity contribution in [1.82, 2.24) is 0 Å². The Hall–Kier alpha value is -2.69. The molecule has 1 saturated carbocycles. The van der Waals surface area contributed by atoms with Crippen LogP contribution in [0.4, 0.5) is 15.8 Å². The van der Waals surface area contributed by atoms with Gasteiger partial charge in [0.25, 0.3) is 5.91 Å². The number of aryl methyl sites for hydroxylation is 1. The molecule has 1 aliphatic carbocycles. The van der Waals surface area contributed by atoms with Crippen molar-refractivity contribution in [2.24, 2.45) is 5.92 Å². The minimum atomic E-state index is -0.552. The van der Waals surface area contributed by atoms with Crippen LogP contribution >= 0.6 is 0 Å². The predicted molar refractivity (Wildman–Crippen MR) is 94.2 cm³/mol. The van der Waals surface area contributed by atoms with E-state index in [1.165, 1.54) is 12.1 Å². The fourth-order valence-corrected chi connectivity index (χ4v) is 3.28. The summed E-state index contributed by atoms with van der Waals surface area (Å²) in [7, 11) is 0. The molecule has 0 saturated heterocycles. The maximum Gasteiger partial charge on any atom is 0.258 e. The third kappa shape index (κ3) is 3.14. The first-order chi connectivity index (χ1) is 12.1. The number of hydrogen-bond acceptors (Lipinski definition) is 2. The van der Waals surface area contributed by atoms with Crippen molar-refractivity contribution in [3.05, 3.63) is 59.4 Å². The van der Waals surface area contributed by atoms with Crippen molar-refractivity contribution in [2.75, 3.05) is 16.8 Å². The number of nitrogens with one attached hydrogen (secondary N) is 1. The molecule has 1 fully saturated rings. The lowest BCUT2D eigenvalue weighted by Gasteiger charge is -2.30. The van der Waals surface area contributed by atoms with E-state index in [1.807, 2.05) is 23.1 Å². The first-order valence-corrected chi connectivity index (χ1v) is 8.63. The minimum Gasteiger partial charge on any atom is -0.322 e. The van der Waals surface area contributed by atoms with E-state index in [1.54, 1.807) is 12.1 Å². The first-order valence-electron chi connectivity index (χ1n) is 8.63. The summed E-state index contributed by atoms with van der Waals surface area (Å²) in [4.78, 5) is 26.7. The first kappa shape index (κ1) is 15.8. The summed E-state index contributed by atoms with van der Waals surface area (Å²) in [6, 6.07) is 11.5. The number of carbonyl (C=O) groups is 2. The number of nitrogens with zero attached hydrogens (tertiary/aromatic N) is 1. The Labute approximate surface area is 145 Å². The molecule has 0 bridgehead atoms. The molecule has 1 heterocycles. The molecule has 4 nitrogen and oxygen atoms in total. The number of fused-ring (bicyclic) bond motifs is 1. The summed E-state index contributed by atoms with van der Waals surface area (Å²) in [5.74, 6) is -0.710. The zero-order valence-electron chi connectivity index (χ0n) is 13.8. The molecule has 2 aliphatic rings. The van der Waals surface area contributed by atoms with Crippen molar-refractivity contribution in [1.29, 1.82) is 0 Å². The number of amides is 2. The van der Waals surface area contributed by atoms with E-state index in [9.17, 15) is 14.0 Å². The third-order valence-corrected chi connectivity index (χ3v) is 4.77. The highest BCUT2D eigenvalue weighted by molar-refractivity contribution is 6.05. The molecule has 2 amide bonds. The standard InChI is InChI=1S/C20H19FN2O2/c21-17-6-2-1-5-16(17)19(24)22-15-10-9-13-4-3-11-23(18(13)12-15)20(25)14-7-8-14/h1-2,5-6,9-10,12,14H,3-4,7-8,11H2,(H,22,24). The lowest BCUT2D eigenvalue weighted by atomic mass is 10.0. The van der Waals surface area contributed by atoms with Crippen LogP contribution in [-0.2, 0) is 11.2 Å². The van der Waals surface area contributed by atoms with E-state index in [4.69, 9.17) is 0 Å². The predicted octanol–water partition coefficient (Wildman–Crippen LogP) is 3.77. The summed E-state index contributed by atoms with van der Waals surface area (Å²) in [6.45, 7) is 0.715. The van der Waals surface area contributed by atoms with E-state index in [0.717, 1.165) is 36.9 Å². The Morgan fingerprint density at radius 1 is 1.12 bits per heavy atom. The molecule has 4 rings (SSSR count). The van der Waals surface area contributed by atoms with Gasteiger partial charge in [-0.15, -0.1) is 0 Å². The summed E-state index contributed by atoms with van der Waals surface area (Å²) in [5.41, 5.74) is 2.56. The van der Waals surface area contributed by atoms with Crippen LogP contribution < -0.4 is 10.2 Å². The monoisotopic (exact) mass is 338 g/mol. The van der Waals surface area contributed by atoms with Crippen LogP contribution in [-0.4, -0.2) is 18.4 Å². The molecule has 0 aromatic heterocycles. The van der Waals surface area contributed by atoms with Crippen molar-refractivity contribution in [3.8, 4) is 0 Å². The summed E-state index contributed by atoms with van der Waals surface area (Å²) in [6.07, 6.45) is 3.81. The lowest BCUT2D eigenvalue weighted by Crippen LogP contribution is -2.36. The van der Waals surface area contributed by atoms with Crippen molar-refractivity contribution in [2.45, 2.75) is 25.7 Å². The van der Waals surface area contributed by atoms with Crippen LogP contribution in [0.5, 0.6) is 0 Å². The molecule has 25 heavy (non-hydrogen) atoms. The Kier molecular flexibility index (Phi) is 3.99. The maximum absolute atomic E-state index is 13.8. The number of halogens is 1. The fourth-order valence-electron chi connectivity index (χ4n) is 3.28. The highest BCUT2D eigenvalue weighted by atomic mass is 19.1. The molecular formula is C20H19FN2O2. The van der Waals surface area contributed by atoms with Crippen LogP contribution in [0.25, 0.3) is 0 Å². The van der Waals surface area contributed by atoms with Crippen LogP contribution in [0.1, 0.15) is 35.2 Å². The molecule has 2 aromatic carbocycles. The molecule has 0 spiro atoms. The van der Waals surface area contributed by atoms with E-state index in [0.29, 0.717) is 12.2 Å². The van der Waals surface area contributed by atoms with E-state index < -0.39 is 11.7 Å². The van der Waals surface area contributed by atoms with Gasteiger partial charge in [-0.1, -0.05) is 18.2 Å². The van der Waals surface area contributed by atoms with Gasteiger partial charge >= 0.3 is 0 Å². The topological polar surface area (TPSA) is 49.4 Å². The van der Waals surface area contributed by atoms with Crippen molar-refractivity contribution >= 4 is 23.2 Å². The Bertz CT molecular complexity index is 845. The molecular weight excluding hydrogens is 319 g/mol. The highest BCUT2D eigenvalue weighted by Crippen LogP contribution is 2.37. The molecule has 128 valence electrons. The molecule has 1 aliphatic heterocycles. The lowest BCUT2D eigenvalue weighted by molar-refractivity contribution is -0.119. The van der Waals surface area contributed by atoms with Crippen LogP contribution in [0.2, 0.25) is 0 Å². The number of carbonyl (C=O) groups excluding carboxylic acids is 2. The van der Waals surface area contributed by atoms with Gasteiger partial charge in [0.15, 0.2) is 0 Å². The quantitative estimate of drug-likeness (QED) is 0.926. The van der Waals surface area contributed by atoms with E-state index >= 15 is 0 Å². The Balaban J connectivity index is 1.59. The zero-order chi connectivity index (χ0) is 17.4. The number of hydrogen-bond donors (Lipinski definition) is 1. The van der Waals surface area contributed by atoms with Crippen molar-refractivity contribution in [3.63, 3.8) is 0 Å². The SMILES string of the molecule is O=C(Nc1ccc2c(c1)N(C(=O)C1CC1)CCC2)c1ccccc1F. The summed E-state index contributed by atoms with van der Waals surface area (Å²) >= 11 is 0. The maximum atomic E-state index is 13.8. The van der Waals surface area contributed by atoms with Gasteiger partial charge in [0.05, 0.1) is 5.56 Å². The average Bonchev–Trinajstić information content (AvgIpc) is 3.46. The largest absolute Gasteiger partial charge is 0.322 e. The average molecular weight is 338 g/mol. The van der Waals surface area contributed by atoms with Gasteiger partial charge in [-0.05, 0) is 55.5 Å². The van der Waals surface area contributed by atoms with E-state index in [-0.39, 0.29) is 17.4 Å². The second-order valence-corrected chi connectivity index (χ2v) is 6.65. The molecule has 0 radical (unpaired) electrons. The number of anilines is 2. The molecule has 5 heteroatoms. The van der Waals surface area contributed by atoms with Crippen molar-refractivity contribution < 1.29 is 14.0 Å². The molecule has 0 unspecified atom stereocenters. The minimum absolute atomic E-state index is 0.00568. The Morgan fingerprint density at radius 3 is 2.68 bits per heavy atom. The van der Waals surface area contributed by atoms with Gasteiger partial charge in [0.1, 0.15) is 5.82 Å². The molecule has 2 aromatic rings. The Morgan fingerprint density at radius 2 is 1.92 bits per heavy atom. The molecule has 0 atom stereocenters. The highest BCUT2D eigenvalue weighted by Gasteiger charge is 2.35. The number of benzene rings is 2.